The van der Waals surface area contributed by atoms with Gasteiger partial charge in [-0.05, 0) is 23.6 Å². The number of hydrogen-bond acceptors (Lipinski definition) is 2. The van der Waals surface area contributed by atoms with Crippen LogP contribution >= 0.6 is 11.3 Å². The van der Waals surface area contributed by atoms with Gasteiger partial charge < -0.3 is 4.57 Å². The molecule has 0 saturated carbocycles. The van der Waals surface area contributed by atoms with Crippen molar-refractivity contribution in [3.05, 3.63) is 76.8 Å². The van der Waals surface area contributed by atoms with Crippen molar-refractivity contribution in [2.24, 2.45) is 4.99 Å². The highest BCUT2D eigenvalue weighted by molar-refractivity contribution is 7.17. The molecule has 126 valence electrons. The normalized spacial score (nSPS) is 11.8. The summed E-state index contributed by atoms with van der Waals surface area (Å²) in [6, 6.07) is 17.8. The summed E-state index contributed by atoms with van der Waals surface area (Å²) in [6.45, 7) is 0.279. The molecular weight excluding hydrogens is 347 g/mol. The number of aromatic nitrogens is 1. The van der Waals surface area contributed by atoms with Crippen LogP contribution < -0.4 is 4.80 Å². The molecule has 3 aromatic carbocycles. The molecule has 0 unspecified atom stereocenters. The Labute approximate surface area is 153 Å². The smallest absolute Gasteiger partial charge is 0.282 e. The van der Waals surface area contributed by atoms with Crippen LogP contribution in [0, 0.1) is 18.2 Å². The summed E-state index contributed by atoms with van der Waals surface area (Å²) in [5.74, 6) is 1.39. The minimum atomic E-state index is -0.621. The van der Waals surface area contributed by atoms with Crippen molar-refractivity contribution in [3.63, 3.8) is 0 Å². The minimum absolute atomic E-state index is 0.0536. The minimum Gasteiger partial charge on any atom is -0.305 e. The molecule has 0 aliphatic heterocycles. The summed E-state index contributed by atoms with van der Waals surface area (Å²) in [6.07, 6.45) is 5.51. The van der Waals surface area contributed by atoms with Crippen LogP contribution in [0.5, 0.6) is 0 Å². The highest BCUT2D eigenvalue weighted by Crippen LogP contribution is 2.27. The lowest BCUT2D eigenvalue weighted by atomic mass is 10.1. The van der Waals surface area contributed by atoms with E-state index in [-0.39, 0.29) is 12.1 Å². The van der Waals surface area contributed by atoms with Gasteiger partial charge in [-0.2, -0.15) is 4.99 Å². The predicted octanol–water partition coefficient (Wildman–Crippen LogP) is 4.37. The van der Waals surface area contributed by atoms with Gasteiger partial charge in [-0.1, -0.05) is 59.7 Å². The molecule has 1 heterocycles. The molecule has 0 spiro atoms. The lowest BCUT2D eigenvalue weighted by Crippen LogP contribution is -2.16. The standard InChI is InChI=1S/C21H13FN2OS/c1-2-13-24-18-12-11-14-7-3-4-8-15(14)19(18)26-21(24)23-20(25)16-9-5-6-10-17(16)22/h1,3-12H,13H2. The van der Waals surface area contributed by atoms with Gasteiger partial charge >= 0.3 is 0 Å². The van der Waals surface area contributed by atoms with Gasteiger partial charge in [-0.25, -0.2) is 4.39 Å². The van der Waals surface area contributed by atoms with Crippen LogP contribution in [0.4, 0.5) is 4.39 Å². The molecule has 26 heavy (non-hydrogen) atoms. The molecule has 0 aliphatic rings. The SMILES string of the molecule is C#CCn1c(=NC(=O)c2ccccc2F)sc2c3ccccc3ccc21. The number of thiazole rings is 1. The van der Waals surface area contributed by atoms with E-state index < -0.39 is 11.7 Å². The summed E-state index contributed by atoms with van der Waals surface area (Å²) >= 11 is 1.38. The van der Waals surface area contributed by atoms with E-state index in [1.54, 1.807) is 6.07 Å². The molecule has 3 nitrogen and oxygen atoms in total. The average molecular weight is 360 g/mol. The quantitative estimate of drug-likeness (QED) is 0.489. The number of nitrogens with zero attached hydrogens (tertiary/aromatic N) is 2. The molecule has 4 aromatic rings. The Bertz CT molecular complexity index is 1260. The van der Waals surface area contributed by atoms with Gasteiger partial charge in [0.1, 0.15) is 5.82 Å². The van der Waals surface area contributed by atoms with Gasteiger partial charge in [0.15, 0.2) is 4.80 Å². The fraction of sp³-hybridized carbons (Fsp3) is 0.0476. The van der Waals surface area contributed by atoms with Crippen molar-refractivity contribution in [3.8, 4) is 12.3 Å². The second-order valence-corrected chi connectivity index (χ2v) is 6.68. The maximum atomic E-state index is 13.9. The van der Waals surface area contributed by atoms with Gasteiger partial charge in [0.05, 0.1) is 22.3 Å². The fourth-order valence-electron chi connectivity index (χ4n) is 2.91. The molecule has 0 saturated heterocycles. The zero-order valence-electron chi connectivity index (χ0n) is 13.6. The lowest BCUT2D eigenvalue weighted by molar-refractivity contribution is 0.0994. The van der Waals surface area contributed by atoms with E-state index in [1.807, 2.05) is 41.0 Å². The molecule has 0 fully saturated rings. The van der Waals surface area contributed by atoms with Crippen LogP contribution in [-0.4, -0.2) is 10.5 Å². The van der Waals surface area contributed by atoms with E-state index in [4.69, 9.17) is 6.42 Å². The summed E-state index contributed by atoms with van der Waals surface area (Å²) in [7, 11) is 0. The van der Waals surface area contributed by atoms with Gasteiger partial charge in [0, 0.05) is 5.39 Å². The fourth-order valence-corrected chi connectivity index (χ4v) is 4.07. The predicted molar refractivity (Wildman–Crippen MR) is 102 cm³/mol. The molecule has 0 N–H and O–H groups in total. The zero-order valence-corrected chi connectivity index (χ0v) is 14.5. The third-order valence-corrected chi connectivity index (χ3v) is 5.25. The van der Waals surface area contributed by atoms with E-state index in [1.165, 1.54) is 29.5 Å². The van der Waals surface area contributed by atoms with Crippen molar-refractivity contribution in [2.45, 2.75) is 6.54 Å². The third kappa shape index (κ3) is 2.71. The van der Waals surface area contributed by atoms with Gasteiger partial charge in [-0.15, -0.1) is 6.42 Å². The Hall–Kier alpha value is -3.23. The lowest BCUT2D eigenvalue weighted by Gasteiger charge is -2.02. The number of rotatable bonds is 2. The molecule has 0 aliphatic carbocycles. The number of fused-ring (bicyclic) bond motifs is 3. The Morgan fingerprint density at radius 1 is 1.12 bits per heavy atom. The Kier molecular flexibility index (Phi) is 4.11. The number of carbonyl (C=O) groups excluding carboxylic acids is 1. The summed E-state index contributed by atoms with van der Waals surface area (Å²) < 4.78 is 16.7. The number of hydrogen-bond donors (Lipinski definition) is 0. The molecule has 1 amide bonds. The van der Waals surface area contributed by atoms with Crippen LogP contribution in [0.15, 0.2) is 65.7 Å². The van der Waals surface area contributed by atoms with Crippen molar-refractivity contribution >= 4 is 38.2 Å². The molecule has 4 rings (SSSR count). The van der Waals surface area contributed by atoms with Crippen LogP contribution in [-0.2, 0) is 6.54 Å². The van der Waals surface area contributed by atoms with E-state index >= 15 is 0 Å². The highest BCUT2D eigenvalue weighted by atomic mass is 32.1. The maximum absolute atomic E-state index is 13.9. The van der Waals surface area contributed by atoms with E-state index in [0.717, 1.165) is 21.0 Å². The summed E-state index contributed by atoms with van der Waals surface area (Å²) in [4.78, 5) is 17.1. The Morgan fingerprint density at radius 2 is 1.88 bits per heavy atom. The number of amides is 1. The average Bonchev–Trinajstić information content (AvgIpc) is 3.00. The monoisotopic (exact) mass is 360 g/mol. The second kappa shape index (κ2) is 6.58. The molecule has 5 heteroatoms. The third-order valence-electron chi connectivity index (χ3n) is 4.12. The van der Waals surface area contributed by atoms with E-state index in [2.05, 4.69) is 10.9 Å². The van der Waals surface area contributed by atoms with Crippen molar-refractivity contribution < 1.29 is 9.18 Å². The summed E-state index contributed by atoms with van der Waals surface area (Å²) in [5.41, 5.74) is 0.855. The van der Waals surface area contributed by atoms with Crippen molar-refractivity contribution in [1.82, 2.24) is 4.57 Å². The topological polar surface area (TPSA) is 34.4 Å². The van der Waals surface area contributed by atoms with E-state index in [0.29, 0.717) is 4.80 Å². The number of carbonyl (C=O) groups is 1. The van der Waals surface area contributed by atoms with Crippen LogP contribution in [0.3, 0.4) is 0 Å². The van der Waals surface area contributed by atoms with Crippen molar-refractivity contribution in [1.29, 1.82) is 0 Å². The first kappa shape index (κ1) is 16.2. The number of terminal acetylenes is 1. The summed E-state index contributed by atoms with van der Waals surface area (Å²) in [5, 5.41) is 2.17. The van der Waals surface area contributed by atoms with Crippen LogP contribution in [0.25, 0.3) is 21.0 Å². The first-order chi connectivity index (χ1) is 12.7. The molecule has 0 atom stereocenters. The van der Waals surface area contributed by atoms with Gasteiger partial charge in [0.25, 0.3) is 5.91 Å². The van der Waals surface area contributed by atoms with Gasteiger partial charge in [-0.3, -0.25) is 4.79 Å². The first-order valence-electron chi connectivity index (χ1n) is 7.97. The second-order valence-electron chi connectivity index (χ2n) is 5.71. The van der Waals surface area contributed by atoms with Gasteiger partial charge in [0.2, 0.25) is 0 Å². The van der Waals surface area contributed by atoms with Crippen LogP contribution in [0.1, 0.15) is 10.4 Å². The number of halogens is 1. The highest BCUT2D eigenvalue weighted by Gasteiger charge is 2.13. The molecule has 0 bridgehead atoms. The Morgan fingerprint density at radius 3 is 2.69 bits per heavy atom. The molecule has 0 radical (unpaired) electrons. The first-order valence-corrected chi connectivity index (χ1v) is 8.79. The molecule has 1 aromatic heterocycles. The van der Waals surface area contributed by atoms with E-state index in [9.17, 15) is 9.18 Å². The molecular formula is C21H13FN2OS. The largest absolute Gasteiger partial charge is 0.305 e. The number of benzene rings is 3. The zero-order chi connectivity index (χ0) is 18.1. The van der Waals surface area contributed by atoms with Crippen LogP contribution in [0.2, 0.25) is 0 Å². The van der Waals surface area contributed by atoms with Crippen molar-refractivity contribution in [2.75, 3.05) is 0 Å². The Balaban J connectivity index is 1.98. The maximum Gasteiger partial charge on any atom is 0.282 e.